The molecule has 0 bridgehead atoms. The predicted octanol–water partition coefficient (Wildman–Crippen LogP) is 4.26. The number of ether oxygens (including phenoxy) is 3. The van der Waals surface area contributed by atoms with E-state index in [1.807, 2.05) is 19.1 Å². The van der Waals surface area contributed by atoms with Crippen molar-refractivity contribution in [2.75, 3.05) is 13.7 Å². The lowest BCUT2D eigenvalue weighted by molar-refractivity contribution is 0.0734. The molecule has 120 valence electrons. The van der Waals surface area contributed by atoms with Gasteiger partial charge in [-0.25, -0.2) is 4.79 Å². The molecule has 0 N–H and O–H groups in total. The van der Waals surface area contributed by atoms with Gasteiger partial charge < -0.3 is 14.2 Å². The second-order valence-electron chi connectivity index (χ2n) is 4.80. The van der Waals surface area contributed by atoms with Crippen molar-refractivity contribution in [2.45, 2.75) is 13.3 Å². The van der Waals surface area contributed by atoms with Gasteiger partial charge in [0.25, 0.3) is 0 Å². The van der Waals surface area contributed by atoms with Gasteiger partial charge in [0.15, 0.2) is 0 Å². The van der Waals surface area contributed by atoms with Crippen LogP contribution in [-0.2, 0) is 0 Å². The number of hydrogen-bond acceptors (Lipinski definition) is 4. The molecule has 0 saturated carbocycles. The maximum Gasteiger partial charge on any atom is 0.343 e. The molecule has 0 radical (unpaired) electrons. The number of carbonyl (C=O) groups is 1. The highest BCUT2D eigenvalue weighted by Gasteiger charge is 2.08. The minimum absolute atomic E-state index is 0.407. The van der Waals surface area contributed by atoms with E-state index in [1.165, 1.54) is 0 Å². The van der Waals surface area contributed by atoms with Gasteiger partial charge in [0.2, 0.25) is 0 Å². The quantitative estimate of drug-likeness (QED) is 0.332. The van der Waals surface area contributed by atoms with E-state index >= 15 is 0 Å². The maximum absolute atomic E-state index is 12.1. The van der Waals surface area contributed by atoms with Crippen molar-refractivity contribution in [2.24, 2.45) is 0 Å². The molecule has 0 atom stereocenters. The molecule has 0 unspecified atom stereocenters. The number of methoxy groups -OCH3 is 1. The lowest BCUT2D eigenvalue weighted by atomic mass is 10.2. The average molecular weight is 312 g/mol. The molecule has 0 heterocycles. The molecule has 0 saturated heterocycles. The summed E-state index contributed by atoms with van der Waals surface area (Å²) in [4.78, 5) is 12.1. The van der Waals surface area contributed by atoms with Gasteiger partial charge in [-0.2, -0.15) is 0 Å². The smallest absolute Gasteiger partial charge is 0.343 e. The molecule has 0 aliphatic carbocycles. The highest BCUT2D eigenvalue weighted by molar-refractivity contribution is 5.91. The van der Waals surface area contributed by atoms with E-state index < -0.39 is 5.97 Å². The van der Waals surface area contributed by atoms with E-state index in [0.717, 1.165) is 12.2 Å². The third-order valence-electron chi connectivity index (χ3n) is 3.15. The van der Waals surface area contributed by atoms with Crippen LogP contribution in [-0.4, -0.2) is 19.7 Å². The highest BCUT2D eigenvalue weighted by Crippen LogP contribution is 2.19. The highest BCUT2D eigenvalue weighted by atomic mass is 16.5. The lowest BCUT2D eigenvalue weighted by Gasteiger charge is -2.07. The minimum Gasteiger partial charge on any atom is -0.497 e. The normalized spacial score (nSPS) is 10.5. The van der Waals surface area contributed by atoms with E-state index in [1.54, 1.807) is 55.6 Å². The minimum atomic E-state index is -0.407. The predicted molar refractivity (Wildman–Crippen MR) is 89.3 cm³/mol. The summed E-state index contributed by atoms with van der Waals surface area (Å²) in [6, 6.07) is 13.8. The molecular weight excluding hydrogens is 292 g/mol. The van der Waals surface area contributed by atoms with Crippen LogP contribution in [0.25, 0.3) is 0 Å². The number of esters is 1. The average Bonchev–Trinajstić information content (AvgIpc) is 2.60. The molecule has 0 aliphatic rings. The van der Waals surface area contributed by atoms with Crippen molar-refractivity contribution in [3.8, 4) is 17.2 Å². The lowest BCUT2D eigenvalue weighted by Crippen LogP contribution is -2.08. The van der Waals surface area contributed by atoms with Crippen LogP contribution in [0.15, 0.2) is 60.7 Å². The van der Waals surface area contributed by atoms with Crippen molar-refractivity contribution in [3.63, 3.8) is 0 Å². The summed E-state index contributed by atoms with van der Waals surface area (Å²) in [5.74, 6) is 1.51. The Morgan fingerprint density at radius 2 is 1.57 bits per heavy atom. The Morgan fingerprint density at radius 3 is 2.17 bits per heavy atom. The zero-order chi connectivity index (χ0) is 16.5. The van der Waals surface area contributed by atoms with Gasteiger partial charge >= 0.3 is 5.97 Å². The summed E-state index contributed by atoms with van der Waals surface area (Å²) < 4.78 is 15.9. The first-order valence-corrected chi connectivity index (χ1v) is 7.43. The largest absolute Gasteiger partial charge is 0.497 e. The third-order valence-corrected chi connectivity index (χ3v) is 3.15. The Hall–Kier alpha value is -2.75. The third kappa shape index (κ3) is 5.18. The Kier molecular flexibility index (Phi) is 6.24. The Labute approximate surface area is 136 Å². The molecule has 4 heteroatoms. The van der Waals surface area contributed by atoms with Crippen molar-refractivity contribution in [1.82, 2.24) is 0 Å². The summed E-state index contributed by atoms with van der Waals surface area (Å²) in [7, 11) is 1.59. The van der Waals surface area contributed by atoms with Crippen LogP contribution in [0.1, 0.15) is 23.7 Å². The van der Waals surface area contributed by atoms with E-state index in [-0.39, 0.29) is 0 Å². The fourth-order valence-corrected chi connectivity index (χ4v) is 1.91. The number of allylic oxidation sites excluding steroid dienone is 1. The second-order valence-corrected chi connectivity index (χ2v) is 4.80. The molecular formula is C19H20O4. The molecule has 0 spiro atoms. The van der Waals surface area contributed by atoms with E-state index in [0.29, 0.717) is 23.7 Å². The second kappa shape index (κ2) is 8.63. The molecule has 4 nitrogen and oxygen atoms in total. The number of hydrogen-bond donors (Lipinski definition) is 0. The van der Waals surface area contributed by atoms with Crippen molar-refractivity contribution >= 4 is 5.97 Å². The summed E-state index contributed by atoms with van der Waals surface area (Å²) >= 11 is 0. The number of carbonyl (C=O) groups excluding carboxylic acids is 1. The summed E-state index contributed by atoms with van der Waals surface area (Å²) in [6.07, 6.45) is 4.89. The van der Waals surface area contributed by atoms with Crippen molar-refractivity contribution < 1.29 is 19.0 Å². The zero-order valence-electron chi connectivity index (χ0n) is 13.3. The standard InChI is InChI=1S/C19H20O4/c1-3-4-5-14-22-17-8-6-15(7-9-17)19(20)23-18-12-10-16(21-2)11-13-18/h3-4,6-13H,5,14H2,1-2H3/b4-3-. The van der Waals surface area contributed by atoms with Crippen LogP contribution in [0.2, 0.25) is 0 Å². The van der Waals surface area contributed by atoms with Crippen LogP contribution in [0.5, 0.6) is 17.2 Å². The fourth-order valence-electron chi connectivity index (χ4n) is 1.91. The van der Waals surface area contributed by atoms with E-state index in [2.05, 4.69) is 0 Å². The van der Waals surface area contributed by atoms with Crippen molar-refractivity contribution in [1.29, 1.82) is 0 Å². The SMILES string of the molecule is C/C=C\CCOc1ccc(C(=O)Oc2ccc(OC)cc2)cc1. The molecule has 2 aromatic rings. The van der Waals surface area contributed by atoms with Gasteiger partial charge in [0.05, 0.1) is 19.3 Å². The van der Waals surface area contributed by atoms with Crippen molar-refractivity contribution in [3.05, 3.63) is 66.2 Å². The molecule has 0 aliphatic heterocycles. The summed E-state index contributed by atoms with van der Waals surface area (Å²) in [5, 5.41) is 0. The zero-order valence-corrected chi connectivity index (χ0v) is 13.3. The first-order chi connectivity index (χ1) is 11.2. The van der Waals surface area contributed by atoms with Crippen LogP contribution in [0.3, 0.4) is 0 Å². The summed E-state index contributed by atoms with van der Waals surface area (Å²) in [6.45, 7) is 2.59. The van der Waals surface area contributed by atoms with Gasteiger partial charge in [-0.3, -0.25) is 0 Å². The Morgan fingerprint density at radius 1 is 0.957 bits per heavy atom. The van der Waals surface area contributed by atoms with Crippen LogP contribution in [0, 0.1) is 0 Å². The van der Waals surface area contributed by atoms with E-state index in [4.69, 9.17) is 14.2 Å². The topological polar surface area (TPSA) is 44.8 Å². The molecule has 0 amide bonds. The van der Waals surface area contributed by atoms with Crippen LogP contribution >= 0.6 is 0 Å². The number of rotatable bonds is 7. The van der Waals surface area contributed by atoms with Gasteiger partial charge in [0, 0.05) is 0 Å². The summed E-state index contributed by atoms with van der Waals surface area (Å²) in [5.41, 5.74) is 0.474. The van der Waals surface area contributed by atoms with Crippen LogP contribution in [0.4, 0.5) is 0 Å². The van der Waals surface area contributed by atoms with Gasteiger partial charge in [0.1, 0.15) is 17.2 Å². The van der Waals surface area contributed by atoms with E-state index in [9.17, 15) is 4.79 Å². The first-order valence-electron chi connectivity index (χ1n) is 7.43. The Balaban J connectivity index is 1.91. The fraction of sp³-hybridized carbons (Fsp3) is 0.211. The van der Waals surface area contributed by atoms with Crippen LogP contribution < -0.4 is 14.2 Å². The monoisotopic (exact) mass is 312 g/mol. The van der Waals surface area contributed by atoms with Gasteiger partial charge in [-0.1, -0.05) is 12.2 Å². The molecule has 2 aromatic carbocycles. The maximum atomic E-state index is 12.1. The number of benzene rings is 2. The molecule has 0 fully saturated rings. The Bertz CT molecular complexity index is 642. The molecule has 2 rings (SSSR count). The molecule has 0 aromatic heterocycles. The van der Waals surface area contributed by atoms with Gasteiger partial charge in [-0.05, 0) is 61.9 Å². The van der Waals surface area contributed by atoms with Gasteiger partial charge in [-0.15, -0.1) is 0 Å². The first kappa shape index (κ1) is 16.6. The molecule has 23 heavy (non-hydrogen) atoms.